The molecule has 2 aromatic rings. The summed E-state index contributed by atoms with van der Waals surface area (Å²) in [5.41, 5.74) is 8.19. The Kier molecular flexibility index (Phi) is 7.42. The van der Waals surface area contributed by atoms with Gasteiger partial charge in [-0.3, -0.25) is 4.79 Å². The number of allylic oxidation sites excluding steroid dienone is 3. The Morgan fingerprint density at radius 3 is 2.74 bits per heavy atom. The van der Waals surface area contributed by atoms with E-state index in [1.807, 2.05) is 13.0 Å². The molecule has 0 fully saturated rings. The summed E-state index contributed by atoms with van der Waals surface area (Å²) < 4.78 is 18.2. The summed E-state index contributed by atoms with van der Waals surface area (Å²) in [7, 11) is 0. The standard InChI is InChI=1S/C25H21BrCl2N2O4/c1-2-32-21-9-14(8-17(26)24(21)33-12-13-6-7-15(27)10-18(13)28)22-16(11-29)25(30)34-20-5-3-4-19(31)23(20)22/h6-10,22H,2-5,12,30H2,1H3/t22-/m1/s1. The largest absolute Gasteiger partial charge is 0.490 e. The number of ketones is 1. The molecule has 1 atom stereocenters. The van der Waals surface area contributed by atoms with Gasteiger partial charge in [0.25, 0.3) is 0 Å². The topological polar surface area (TPSA) is 94.6 Å². The molecule has 0 aromatic heterocycles. The molecule has 34 heavy (non-hydrogen) atoms. The normalized spacial score (nSPS) is 17.7. The van der Waals surface area contributed by atoms with E-state index in [4.69, 9.17) is 43.1 Å². The molecular weight excluding hydrogens is 543 g/mol. The number of nitrogens with zero attached hydrogens (tertiary/aromatic N) is 1. The molecule has 1 aliphatic carbocycles. The summed E-state index contributed by atoms with van der Waals surface area (Å²) in [5.74, 6) is 0.806. The summed E-state index contributed by atoms with van der Waals surface area (Å²) >= 11 is 15.8. The molecule has 0 saturated carbocycles. The van der Waals surface area contributed by atoms with Crippen LogP contribution in [0.15, 0.2) is 57.6 Å². The number of rotatable bonds is 6. The predicted octanol–water partition coefficient (Wildman–Crippen LogP) is 6.55. The maximum absolute atomic E-state index is 12.9. The second-order valence-corrected chi connectivity index (χ2v) is 9.52. The van der Waals surface area contributed by atoms with Crippen molar-refractivity contribution in [1.29, 1.82) is 5.26 Å². The fourth-order valence-electron chi connectivity index (χ4n) is 4.14. The first kappa shape index (κ1) is 24.5. The van der Waals surface area contributed by atoms with Gasteiger partial charge in [0.1, 0.15) is 24.0 Å². The average Bonchev–Trinajstić information content (AvgIpc) is 2.79. The third-order valence-corrected chi connectivity index (χ3v) is 6.83. The zero-order valence-corrected chi connectivity index (χ0v) is 21.4. The first-order chi connectivity index (χ1) is 16.3. The second kappa shape index (κ2) is 10.3. The van der Waals surface area contributed by atoms with Gasteiger partial charge in [0.2, 0.25) is 5.88 Å². The molecule has 0 bridgehead atoms. The molecule has 0 saturated heterocycles. The minimum absolute atomic E-state index is 0.0211. The number of ether oxygens (including phenoxy) is 3. The lowest BCUT2D eigenvalue weighted by atomic mass is 9.77. The predicted molar refractivity (Wildman–Crippen MR) is 133 cm³/mol. The highest BCUT2D eigenvalue weighted by Gasteiger charge is 2.38. The highest BCUT2D eigenvalue weighted by Crippen LogP contribution is 2.47. The summed E-state index contributed by atoms with van der Waals surface area (Å²) in [4.78, 5) is 12.9. The Morgan fingerprint density at radius 1 is 1.24 bits per heavy atom. The molecule has 2 aliphatic rings. The van der Waals surface area contributed by atoms with Crippen LogP contribution in [0.25, 0.3) is 0 Å². The van der Waals surface area contributed by atoms with Crippen molar-refractivity contribution in [3.8, 4) is 17.6 Å². The van der Waals surface area contributed by atoms with Crippen molar-refractivity contribution in [3.05, 3.63) is 78.8 Å². The molecule has 0 spiro atoms. The lowest BCUT2D eigenvalue weighted by molar-refractivity contribution is -0.116. The Balaban J connectivity index is 1.75. The lowest BCUT2D eigenvalue weighted by Crippen LogP contribution is -2.27. The number of nitrogens with two attached hydrogens (primary N) is 1. The minimum atomic E-state index is -0.642. The number of carbonyl (C=O) groups excluding carboxylic acids is 1. The quantitative estimate of drug-likeness (QED) is 0.428. The molecule has 6 nitrogen and oxygen atoms in total. The fraction of sp³-hybridized carbons (Fsp3) is 0.280. The SMILES string of the molecule is CCOc1cc([C@@H]2C(C#N)=C(N)OC3=C2C(=O)CCC3)cc(Br)c1OCc1ccc(Cl)cc1Cl. The molecule has 2 aromatic carbocycles. The van der Waals surface area contributed by atoms with Gasteiger partial charge in [-0.2, -0.15) is 5.26 Å². The van der Waals surface area contributed by atoms with E-state index in [1.54, 1.807) is 24.3 Å². The van der Waals surface area contributed by atoms with E-state index in [9.17, 15) is 10.1 Å². The van der Waals surface area contributed by atoms with Gasteiger partial charge in [-0.1, -0.05) is 29.3 Å². The van der Waals surface area contributed by atoms with Crippen LogP contribution in [0.3, 0.4) is 0 Å². The minimum Gasteiger partial charge on any atom is -0.490 e. The Bertz CT molecular complexity index is 1270. The van der Waals surface area contributed by atoms with Gasteiger partial charge in [-0.05, 0) is 59.1 Å². The highest BCUT2D eigenvalue weighted by molar-refractivity contribution is 9.10. The zero-order valence-electron chi connectivity index (χ0n) is 18.3. The van der Waals surface area contributed by atoms with E-state index in [0.29, 0.717) is 68.8 Å². The fourth-order valence-corrected chi connectivity index (χ4v) is 5.17. The smallest absolute Gasteiger partial charge is 0.205 e. The summed E-state index contributed by atoms with van der Waals surface area (Å²) in [5, 5.41) is 10.9. The number of halogens is 3. The van der Waals surface area contributed by atoms with Gasteiger partial charge >= 0.3 is 0 Å². The van der Waals surface area contributed by atoms with Gasteiger partial charge in [-0.25, -0.2) is 0 Å². The Hall–Kier alpha value is -2.66. The van der Waals surface area contributed by atoms with Crippen molar-refractivity contribution in [1.82, 2.24) is 0 Å². The molecule has 0 amide bonds. The zero-order chi connectivity index (χ0) is 24.4. The number of nitriles is 1. The maximum Gasteiger partial charge on any atom is 0.205 e. The molecule has 4 rings (SSSR count). The lowest BCUT2D eigenvalue weighted by Gasteiger charge is -2.31. The van der Waals surface area contributed by atoms with E-state index in [2.05, 4.69) is 22.0 Å². The van der Waals surface area contributed by atoms with E-state index in [0.717, 1.165) is 5.56 Å². The van der Waals surface area contributed by atoms with Crippen molar-refractivity contribution in [2.24, 2.45) is 5.73 Å². The van der Waals surface area contributed by atoms with Crippen LogP contribution in [0, 0.1) is 11.3 Å². The molecule has 1 aliphatic heterocycles. The molecular formula is C25H21BrCl2N2O4. The van der Waals surface area contributed by atoms with Gasteiger partial charge < -0.3 is 19.9 Å². The van der Waals surface area contributed by atoms with Crippen LogP contribution < -0.4 is 15.2 Å². The first-order valence-electron chi connectivity index (χ1n) is 10.7. The molecule has 0 unspecified atom stereocenters. The number of hydrogen-bond acceptors (Lipinski definition) is 6. The summed E-state index contributed by atoms with van der Waals surface area (Å²) in [6, 6.07) is 10.9. The van der Waals surface area contributed by atoms with E-state index in [1.165, 1.54) is 0 Å². The first-order valence-corrected chi connectivity index (χ1v) is 12.3. The maximum atomic E-state index is 12.9. The molecule has 9 heteroatoms. The van der Waals surface area contributed by atoms with Crippen molar-refractivity contribution in [2.45, 2.75) is 38.7 Å². The molecule has 2 N–H and O–H groups in total. The summed E-state index contributed by atoms with van der Waals surface area (Å²) in [6.45, 7) is 2.44. The van der Waals surface area contributed by atoms with Crippen molar-refractivity contribution >= 4 is 44.9 Å². The molecule has 0 radical (unpaired) electrons. The highest BCUT2D eigenvalue weighted by atomic mass is 79.9. The van der Waals surface area contributed by atoms with Crippen molar-refractivity contribution in [2.75, 3.05) is 6.61 Å². The third kappa shape index (κ3) is 4.76. The van der Waals surface area contributed by atoms with E-state index < -0.39 is 5.92 Å². The second-order valence-electron chi connectivity index (χ2n) is 7.83. The monoisotopic (exact) mass is 562 g/mol. The van der Waals surface area contributed by atoms with E-state index in [-0.39, 0.29) is 23.8 Å². The average molecular weight is 564 g/mol. The van der Waals surface area contributed by atoms with Gasteiger partial charge in [0, 0.05) is 34.0 Å². The van der Waals surface area contributed by atoms with Crippen LogP contribution in [-0.2, 0) is 16.1 Å². The van der Waals surface area contributed by atoms with Gasteiger partial charge in [0.15, 0.2) is 17.3 Å². The number of Topliss-reactive ketones (excluding diaryl/α,β-unsaturated/α-hetero) is 1. The molecule has 1 heterocycles. The third-order valence-electron chi connectivity index (χ3n) is 5.66. The van der Waals surface area contributed by atoms with Crippen LogP contribution in [0.1, 0.15) is 43.2 Å². The Morgan fingerprint density at radius 2 is 2.03 bits per heavy atom. The Labute approximate surface area is 216 Å². The number of benzene rings is 2. The summed E-state index contributed by atoms with van der Waals surface area (Å²) in [6.07, 6.45) is 1.69. The van der Waals surface area contributed by atoms with Crippen LogP contribution in [0.4, 0.5) is 0 Å². The van der Waals surface area contributed by atoms with Crippen LogP contribution >= 0.6 is 39.1 Å². The molecule has 176 valence electrons. The van der Waals surface area contributed by atoms with Crippen LogP contribution in [0.5, 0.6) is 11.5 Å². The van der Waals surface area contributed by atoms with Crippen LogP contribution in [-0.4, -0.2) is 12.4 Å². The van der Waals surface area contributed by atoms with Crippen molar-refractivity contribution < 1.29 is 19.0 Å². The van der Waals surface area contributed by atoms with Crippen molar-refractivity contribution in [3.63, 3.8) is 0 Å². The number of carbonyl (C=O) groups is 1. The van der Waals surface area contributed by atoms with Gasteiger partial charge in [0.05, 0.1) is 17.0 Å². The number of hydrogen-bond donors (Lipinski definition) is 1. The van der Waals surface area contributed by atoms with Crippen LogP contribution in [0.2, 0.25) is 10.0 Å². The van der Waals surface area contributed by atoms with Gasteiger partial charge in [-0.15, -0.1) is 0 Å². The van der Waals surface area contributed by atoms with E-state index >= 15 is 0 Å².